The lowest BCUT2D eigenvalue weighted by Crippen LogP contribution is -2.32. The van der Waals surface area contributed by atoms with Gasteiger partial charge < -0.3 is 15.0 Å². The molecule has 1 atom stereocenters. The lowest BCUT2D eigenvalue weighted by molar-refractivity contribution is -0.122. The van der Waals surface area contributed by atoms with Crippen LogP contribution in [0.25, 0.3) is 0 Å². The summed E-state index contributed by atoms with van der Waals surface area (Å²) in [5.74, 6) is 0.223. The van der Waals surface area contributed by atoms with Crippen molar-refractivity contribution in [3.8, 4) is 5.75 Å². The number of rotatable bonds is 5. The minimum Gasteiger partial charge on any atom is -0.481 e. The first-order valence-corrected chi connectivity index (χ1v) is 9.87. The number of nitrogens with one attached hydrogen (secondary N) is 1. The topological polar surface area (TPSA) is 58.6 Å². The summed E-state index contributed by atoms with van der Waals surface area (Å²) in [6.45, 7) is 6.99. The molecule has 0 aliphatic carbocycles. The van der Waals surface area contributed by atoms with E-state index in [4.69, 9.17) is 16.3 Å². The van der Waals surface area contributed by atoms with Gasteiger partial charge in [-0.05, 0) is 69.0 Å². The van der Waals surface area contributed by atoms with Crippen LogP contribution in [0, 0.1) is 13.8 Å². The molecule has 1 heterocycles. The minimum absolute atomic E-state index is 0.0501. The highest BCUT2D eigenvalue weighted by molar-refractivity contribution is 6.32. The Hall–Kier alpha value is -2.53. The summed E-state index contributed by atoms with van der Waals surface area (Å²) in [6.07, 6.45) is 1.31. The van der Waals surface area contributed by atoms with Gasteiger partial charge in [-0.15, -0.1) is 0 Å². The van der Waals surface area contributed by atoms with Crippen molar-refractivity contribution in [3.63, 3.8) is 0 Å². The van der Waals surface area contributed by atoms with E-state index >= 15 is 0 Å². The van der Waals surface area contributed by atoms with Crippen molar-refractivity contribution < 1.29 is 14.3 Å². The number of aryl methyl sites for hydroxylation is 2. The average Bonchev–Trinajstić information content (AvgIpc) is 3.20. The Morgan fingerprint density at radius 2 is 1.71 bits per heavy atom. The van der Waals surface area contributed by atoms with E-state index in [0.29, 0.717) is 22.0 Å². The molecule has 148 valence electrons. The molecule has 1 N–H and O–H groups in total. The van der Waals surface area contributed by atoms with E-state index in [1.54, 1.807) is 31.2 Å². The van der Waals surface area contributed by atoms with Crippen LogP contribution in [0.4, 0.5) is 5.69 Å². The summed E-state index contributed by atoms with van der Waals surface area (Å²) in [7, 11) is 0. The van der Waals surface area contributed by atoms with Crippen LogP contribution in [-0.4, -0.2) is 35.9 Å². The molecule has 0 unspecified atom stereocenters. The number of carbonyl (C=O) groups is 2. The van der Waals surface area contributed by atoms with Gasteiger partial charge in [0.15, 0.2) is 6.10 Å². The first-order chi connectivity index (χ1) is 13.4. The van der Waals surface area contributed by atoms with E-state index < -0.39 is 6.10 Å². The maximum Gasteiger partial charge on any atom is 0.265 e. The molecule has 2 aromatic carbocycles. The second-order valence-corrected chi connectivity index (χ2v) is 7.54. The molecule has 0 spiro atoms. The third-order valence-corrected chi connectivity index (χ3v) is 5.50. The molecule has 2 aromatic rings. The SMILES string of the molecule is Cc1cc(O[C@H](C)C(=O)Nc2ccccc2C(=O)N2CCCC2)cc(C)c1Cl. The van der Waals surface area contributed by atoms with Crippen LogP contribution < -0.4 is 10.1 Å². The Morgan fingerprint density at radius 3 is 2.36 bits per heavy atom. The van der Waals surface area contributed by atoms with Crippen LogP contribution in [-0.2, 0) is 4.79 Å². The highest BCUT2D eigenvalue weighted by atomic mass is 35.5. The monoisotopic (exact) mass is 400 g/mol. The van der Waals surface area contributed by atoms with Crippen molar-refractivity contribution in [2.75, 3.05) is 18.4 Å². The summed E-state index contributed by atoms with van der Waals surface area (Å²) in [5, 5.41) is 3.53. The number of carbonyl (C=O) groups excluding carboxylic acids is 2. The number of hydrogen-bond donors (Lipinski definition) is 1. The Bertz CT molecular complexity index is 868. The Morgan fingerprint density at radius 1 is 1.11 bits per heavy atom. The standard InChI is InChI=1S/C22H25ClN2O3/c1-14-12-17(13-15(2)20(14)23)28-16(3)21(26)24-19-9-5-4-8-18(19)22(27)25-10-6-7-11-25/h4-5,8-9,12-13,16H,6-7,10-11H2,1-3H3,(H,24,26)/t16-/m1/s1. The van der Waals surface area contributed by atoms with Crippen molar-refractivity contribution in [2.24, 2.45) is 0 Å². The molecule has 2 amide bonds. The zero-order valence-corrected chi connectivity index (χ0v) is 17.2. The number of amides is 2. The van der Waals surface area contributed by atoms with E-state index in [0.717, 1.165) is 37.1 Å². The van der Waals surface area contributed by atoms with Crippen LogP contribution in [0.3, 0.4) is 0 Å². The van der Waals surface area contributed by atoms with Crippen molar-refractivity contribution in [3.05, 3.63) is 58.1 Å². The van der Waals surface area contributed by atoms with Crippen LogP contribution in [0.2, 0.25) is 5.02 Å². The first-order valence-electron chi connectivity index (χ1n) is 9.49. The third kappa shape index (κ3) is 4.47. The summed E-state index contributed by atoms with van der Waals surface area (Å²) >= 11 is 6.19. The molecule has 0 aromatic heterocycles. The molecule has 0 bridgehead atoms. The van der Waals surface area contributed by atoms with Crippen LogP contribution in [0.1, 0.15) is 41.3 Å². The molecule has 0 radical (unpaired) electrons. The quantitative estimate of drug-likeness (QED) is 0.797. The number of nitrogens with zero attached hydrogens (tertiary/aromatic N) is 1. The number of hydrogen-bond acceptors (Lipinski definition) is 3. The molecule has 5 nitrogen and oxygen atoms in total. The van der Waals surface area contributed by atoms with Crippen LogP contribution >= 0.6 is 11.6 Å². The fraction of sp³-hybridized carbons (Fsp3) is 0.364. The number of likely N-dealkylation sites (tertiary alicyclic amines) is 1. The van der Waals surface area contributed by atoms with Gasteiger partial charge in [-0.3, -0.25) is 9.59 Å². The van der Waals surface area contributed by atoms with E-state index in [2.05, 4.69) is 5.32 Å². The van der Waals surface area contributed by atoms with Gasteiger partial charge in [-0.25, -0.2) is 0 Å². The molecule has 1 aliphatic heterocycles. The molecule has 1 saturated heterocycles. The molecular weight excluding hydrogens is 376 g/mol. The second-order valence-electron chi connectivity index (χ2n) is 7.17. The number of para-hydroxylation sites is 1. The first kappa shape index (κ1) is 20.2. The van der Waals surface area contributed by atoms with Crippen molar-refractivity contribution in [2.45, 2.75) is 39.7 Å². The van der Waals surface area contributed by atoms with Crippen molar-refractivity contribution in [1.82, 2.24) is 4.90 Å². The summed E-state index contributed by atoms with van der Waals surface area (Å²) < 4.78 is 5.80. The van der Waals surface area contributed by atoms with Gasteiger partial charge in [0.05, 0.1) is 11.3 Å². The third-order valence-electron chi connectivity index (χ3n) is 4.90. The second kappa shape index (κ2) is 8.65. The van der Waals surface area contributed by atoms with Crippen LogP contribution in [0.15, 0.2) is 36.4 Å². The van der Waals surface area contributed by atoms with E-state index in [9.17, 15) is 9.59 Å². The number of benzene rings is 2. The van der Waals surface area contributed by atoms with Crippen molar-refractivity contribution >= 4 is 29.1 Å². The minimum atomic E-state index is -0.727. The van der Waals surface area contributed by atoms with Gasteiger partial charge in [0, 0.05) is 18.1 Å². The zero-order chi connectivity index (χ0) is 20.3. The normalized spacial score (nSPS) is 14.6. The molecule has 1 fully saturated rings. The van der Waals surface area contributed by atoms with Crippen molar-refractivity contribution in [1.29, 1.82) is 0 Å². The highest BCUT2D eigenvalue weighted by Crippen LogP contribution is 2.27. The number of halogens is 1. The molecule has 28 heavy (non-hydrogen) atoms. The predicted octanol–water partition coefficient (Wildman–Crippen LogP) is 4.60. The Labute approximate surface area is 170 Å². The van der Waals surface area contributed by atoms with E-state index in [-0.39, 0.29) is 11.8 Å². The number of anilines is 1. The predicted molar refractivity (Wildman–Crippen MR) is 111 cm³/mol. The van der Waals surface area contributed by atoms with Gasteiger partial charge in [0.1, 0.15) is 5.75 Å². The van der Waals surface area contributed by atoms with Gasteiger partial charge in [0.25, 0.3) is 11.8 Å². The fourth-order valence-electron chi connectivity index (χ4n) is 3.34. The molecule has 6 heteroatoms. The smallest absolute Gasteiger partial charge is 0.265 e. The summed E-state index contributed by atoms with van der Waals surface area (Å²) in [5.41, 5.74) is 2.79. The summed E-state index contributed by atoms with van der Waals surface area (Å²) in [4.78, 5) is 27.2. The molecular formula is C22H25ClN2O3. The Kier molecular flexibility index (Phi) is 6.25. The largest absolute Gasteiger partial charge is 0.481 e. The van der Waals surface area contributed by atoms with E-state index in [1.165, 1.54) is 0 Å². The van der Waals surface area contributed by atoms with Gasteiger partial charge in [-0.1, -0.05) is 23.7 Å². The number of ether oxygens (including phenoxy) is 1. The highest BCUT2D eigenvalue weighted by Gasteiger charge is 2.23. The van der Waals surface area contributed by atoms with Gasteiger partial charge in [0.2, 0.25) is 0 Å². The maximum absolute atomic E-state index is 12.7. The lowest BCUT2D eigenvalue weighted by Gasteiger charge is -2.20. The lowest BCUT2D eigenvalue weighted by atomic mass is 10.1. The van der Waals surface area contributed by atoms with Crippen LogP contribution in [0.5, 0.6) is 5.75 Å². The maximum atomic E-state index is 12.7. The van der Waals surface area contributed by atoms with Gasteiger partial charge >= 0.3 is 0 Å². The van der Waals surface area contributed by atoms with E-state index in [1.807, 2.05) is 30.9 Å². The van der Waals surface area contributed by atoms with Gasteiger partial charge in [-0.2, -0.15) is 0 Å². The molecule has 1 aliphatic rings. The molecule has 3 rings (SSSR count). The fourth-order valence-corrected chi connectivity index (χ4v) is 3.44. The summed E-state index contributed by atoms with van der Waals surface area (Å²) in [6, 6.07) is 10.7. The Balaban J connectivity index is 1.71. The molecule has 0 saturated carbocycles. The zero-order valence-electron chi connectivity index (χ0n) is 16.4. The average molecular weight is 401 g/mol.